The summed E-state index contributed by atoms with van der Waals surface area (Å²) in [5, 5.41) is 0. The van der Waals surface area contributed by atoms with Crippen LogP contribution in [0.2, 0.25) is 0 Å². The van der Waals surface area contributed by atoms with Gasteiger partial charge in [0, 0.05) is 17.3 Å². The summed E-state index contributed by atoms with van der Waals surface area (Å²) in [7, 11) is 0. The van der Waals surface area contributed by atoms with Crippen LogP contribution in [0.4, 0.5) is 11.4 Å². The summed E-state index contributed by atoms with van der Waals surface area (Å²) in [6.07, 6.45) is 3.81. The molecule has 9 heteroatoms. The number of rotatable bonds is 4. The Bertz CT molecular complexity index is 1610. The van der Waals surface area contributed by atoms with Gasteiger partial charge in [0.05, 0.1) is 23.6 Å². The van der Waals surface area contributed by atoms with Crippen LogP contribution in [0.25, 0.3) is 6.08 Å². The number of Topliss-reactive ketones (excluding diaryl/α,β-unsaturated/α-hetero) is 1. The monoisotopic (exact) mass is 536 g/mol. The molecule has 0 aliphatic carbocycles. The lowest BCUT2D eigenvalue weighted by Gasteiger charge is -2.36. The fourth-order valence-electron chi connectivity index (χ4n) is 6.14. The number of ether oxygens (including phenoxy) is 3. The second-order valence-electron chi connectivity index (χ2n) is 10.2. The van der Waals surface area contributed by atoms with Crippen molar-refractivity contribution in [1.82, 2.24) is 0 Å². The van der Waals surface area contributed by atoms with Gasteiger partial charge >= 0.3 is 5.97 Å². The molecule has 4 aliphatic heterocycles. The molecule has 2 amide bonds. The fraction of sp³-hybridized carbons (Fsp3) is 0.226. The number of anilines is 2. The summed E-state index contributed by atoms with van der Waals surface area (Å²) < 4.78 is 17.0. The topological polar surface area (TPSA) is 102 Å². The molecule has 0 spiro atoms. The van der Waals surface area contributed by atoms with Crippen molar-refractivity contribution in [3.8, 4) is 17.2 Å². The molecule has 200 valence electrons. The first-order valence-electron chi connectivity index (χ1n) is 13.1. The molecular formula is C31H24N2O7. The summed E-state index contributed by atoms with van der Waals surface area (Å²) in [6.45, 7) is 2.24. The van der Waals surface area contributed by atoms with Gasteiger partial charge in [-0.1, -0.05) is 30.4 Å². The van der Waals surface area contributed by atoms with Crippen molar-refractivity contribution in [2.24, 2.45) is 11.8 Å². The molecule has 9 nitrogen and oxygen atoms in total. The molecule has 0 radical (unpaired) electrons. The highest BCUT2D eigenvalue weighted by molar-refractivity contribution is 6.24. The molecule has 4 heterocycles. The van der Waals surface area contributed by atoms with E-state index in [-0.39, 0.29) is 17.4 Å². The number of imide groups is 1. The van der Waals surface area contributed by atoms with Gasteiger partial charge in [-0.25, -0.2) is 9.69 Å². The smallest absolute Gasteiger partial charge is 0.335 e. The maximum atomic E-state index is 14.0. The van der Waals surface area contributed by atoms with Crippen molar-refractivity contribution in [2.45, 2.75) is 19.0 Å². The number of esters is 1. The maximum Gasteiger partial charge on any atom is 0.335 e. The van der Waals surface area contributed by atoms with E-state index in [0.29, 0.717) is 36.0 Å². The molecule has 4 aliphatic rings. The molecule has 0 N–H and O–H groups in total. The van der Waals surface area contributed by atoms with Crippen LogP contribution in [0.3, 0.4) is 0 Å². The van der Waals surface area contributed by atoms with Gasteiger partial charge in [-0.3, -0.25) is 14.4 Å². The molecule has 0 unspecified atom stereocenters. The average Bonchev–Trinajstić information content (AvgIpc) is 3.45. The van der Waals surface area contributed by atoms with E-state index in [1.165, 1.54) is 6.92 Å². The zero-order valence-electron chi connectivity index (χ0n) is 21.5. The molecule has 2 fully saturated rings. The number of benzene rings is 3. The average molecular weight is 537 g/mol. The lowest BCUT2D eigenvalue weighted by Crippen LogP contribution is -2.50. The first-order valence-corrected chi connectivity index (χ1v) is 13.1. The molecule has 7 rings (SSSR count). The van der Waals surface area contributed by atoms with Crippen LogP contribution in [0.15, 0.2) is 72.8 Å². The van der Waals surface area contributed by atoms with Crippen LogP contribution in [0.1, 0.15) is 22.8 Å². The minimum Gasteiger partial charge on any atom is -0.486 e. The number of hydrogen-bond acceptors (Lipinski definition) is 8. The van der Waals surface area contributed by atoms with E-state index in [1.54, 1.807) is 42.5 Å². The molecule has 3 aromatic rings. The van der Waals surface area contributed by atoms with Gasteiger partial charge < -0.3 is 19.1 Å². The summed E-state index contributed by atoms with van der Waals surface area (Å²) in [5.41, 5.74) is 2.49. The van der Waals surface area contributed by atoms with Crippen molar-refractivity contribution >= 4 is 41.0 Å². The largest absolute Gasteiger partial charge is 0.486 e. The van der Waals surface area contributed by atoms with Crippen LogP contribution in [0, 0.1) is 11.8 Å². The number of nitrogens with zero attached hydrogens (tertiary/aromatic N) is 2. The van der Waals surface area contributed by atoms with Gasteiger partial charge in [-0.2, -0.15) is 0 Å². The van der Waals surface area contributed by atoms with Gasteiger partial charge in [0.15, 0.2) is 17.3 Å². The molecule has 0 aromatic heterocycles. The third-order valence-corrected chi connectivity index (χ3v) is 7.92. The second kappa shape index (κ2) is 9.08. The van der Waals surface area contributed by atoms with Crippen molar-refractivity contribution < 1.29 is 33.4 Å². The van der Waals surface area contributed by atoms with Crippen LogP contribution in [-0.2, 0) is 14.4 Å². The molecule has 0 saturated carbocycles. The number of ketones is 1. The van der Waals surface area contributed by atoms with E-state index in [1.807, 2.05) is 41.3 Å². The van der Waals surface area contributed by atoms with E-state index in [2.05, 4.69) is 0 Å². The number of fused-ring (bicyclic) bond motifs is 6. The molecule has 2 saturated heterocycles. The molecule has 0 bridgehead atoms. The number of para-hydroxylation sites is 1. The number of amides is 2. The molecular weight excluding hydrogens is 512 g/mol. The molecule has 40 heavy (non-hydrogen) atoms. The van der Waals surface area contributed by atoms with Gasteiger partial charge in [0.25, 0.3) is 0 Å². The number of hydrogen-bond donors (Lipinski definition) is 0. The Labute approximate surface area is 229 Å². The van der Waals surface area contributed by atoms with Crippen LogP contribution < -0.4 is 24.0 Å². The van der Waals surface area contributed by atoms with Gasteiger partial charge in [-0.15, -0.1) is 0 Å². The summed E-state index contributed by atoms with van der Waals surface area (Å²) >= 11 is 0. The third kappa shape index (κ3) is 3.61. The Kier molecular flexibility index (Phi) is 5.48. The van der Waals surface area contributed by atoms with Crippen molar-refractivity contribution in [1.29, 1.82) is 0 Å². The minimum atomic E-state index is -1.05. The Hall–Kier alpha value is -4.92. The van der Waals surface area contributed by atoms with E-state index in [4.69, 9.17) is 14.2 Å². The second-order valence-corrected chi connectivity index (χ2v) is 10.2. The first kappa shape index (κ1) is 24.1. The third-order valence-electron chi connectivity index (χ3n) is 7.92. The Morgan fingerprint density at radius 3 is 2.38 bits per heavy atom. The normalized spacial score (nSPS) is 23.9. The highest BCUT2D eigenvalue weighted by atomic mass is 16.6. The van der Waals surface area contributed by atoms with Gasteiger partial charge in [0.1, 0.15) is 25.0 Å². The quantitative estimate of drug-likeness (QED) is 0.216. The molecule has 3 aromatic carbocycles. The van der Waals surface area contributed by atoms with Crippen molar-refractivity contribution in [3.05, 3.63) is 83.9 Å². The highest BCUT2D eigenvalue weighted by Crippen LogP contribution is 2.50. The Balaban J connectivity index is 1.27. The summed E-state index contributed by atoms with van der Waals surface area (Å²) in [6, 6.07) is 17.2. The fourth-order valence-corrected chi connectivity index (χ4v) is 6.14. The van der Waals surface area contributed by atoms with E-state index in [9.17, 15) is 19.2 Å². The highest BCUT2D eigenvalue weighted by Gasteiger charge is 2.65. The minimum absolute atomic E-state index is 0.106. The predicted molar refractivity (Wildman–Crippen MR) is 145 cm³/mol. The zero-order chi connectivity index (χ0) is 27.5. The summed E-state index contributed by atoms with van der Waals surface area (Å²) in [5.74, 6) is -2.12. The lowest BCUT2D eigenvalue weighted by atomic mass is 9.89. The van der Waals surface area contributed by atoms with E-state index < -0.39 is 35.8 Å². The van der Waals surface area contributed by atoms with Crippen LogP contribution in [0.5, 0.6) is 17.2 Å². The molecule has 4 atom stereocenters. The SMILES string of the molecule is CC(=O)c1ccc(OC(=O)[C@H]2[C@H]3C(=O)N(c4ccc5c(c4)OCCO5)C(=O)[C@H]3[C@@H]3C=Cc4ccccc4N32)cc1. The lowest BCUT2D eigenvalue weighted by molar-refractivity contribution is -0.139. The zero-order valence-corrected chi connectivity index (χ0v) is 21.5. The van der Waals surface area contributed by atoms with Gasteiger partial charge in [-0.05, 0) is 55.0 Å². The Morgan fingerprint density at radius 2 is 1.60 bits per heavy atom. The van der Waals surface area contributed by atoms with Crippen LogP contribution >= 0.6 is 0 Å². The Morgan fingerprint density at radius 1 is 0.875 bits per heavy atom. The van der Waals surface area contributed by atoms with Gasteiger partial charge in [0.2, 0.25) is 11.8 Å². The number of carbonyl (C=O) groups is 4. The standard InChI is InChI=1S/C31H24N2O7/c1-17(34)18-6-10-21(11-7-18)40-31(37)28-27-26(23-12-8-19-4-2-3-5-22(19)33(23)28)29(35)32(30(27)36)20-9-13-24-25(16-20)39-15-14-38-24/h2-13,16,23,26-28H,14-15H2,1H3/t23-,26-,27-,28+/m0/s1. The number of carbonyl (C=O) groups excluding carboxylic acids is 4. The van der Waals surface area contributed by atoms with Crippen LogP contribution in [-0.4, -0.2) is 48.9 Å². The maximum absolute atomic E-state index is 14.0. The van der Waals surface area contributed by atoms with Crippen molar-refractivity contribution in [3.63, 3.8) is 0 Å². The van der Waals surface area contributed by atoms with E-state index >= 15 is 0 Å². The van der Waals surface area contributed by atoms with Crippen molar-refractivity contribution in [2.75, 3.05) is 23.0 Å². The summed E-state index contributed by atoms with van der Waals surface area (Å²) in [4.78, 5) is 56.5. The predicted octanol–water partition coefficient (Wildman–Crippen LogP) is 3.66. The first-order chi connectivity index (χ1) is 19.4. The van der Waals surface area contributed by atoms with E-state index in [0.717, 1.165) is 16.2 Å².